The van der Waals surface area contributed by atoms with E-state index in [1.54, 1.807) is 4.90 Å². The molecule has 1 fully saturated rings. The van der Waals surface area contributed by atoms with E-state index in [9.17, 15) is 9.18 Å². The number of pyridine rings is 1. The highest BCUT2D eigenvalue weighted by Gasteiger charge is 2.22. The first-order valence-corrected chi connectivity index (χ1v) is 6.69. The van der Waals surface area contributed by atoms with Gasteiger partial charge in [-0.2, -0.15) is 0 Å². The van der Waals surface area contributed by atoms with E-state index in [1.807, 2.05) is 6.92 Å². The normalized spacial score (nSPS) is 20.1. The highest BCUT2D eigenvalue weighted by Crippen LogP contribution is 2.11. The average molecular weight is 266 g/mol. The number of nitrogens with zero attached hydrogens (tertiary/aromatic N) is 2. The molecule has 0 aliphatic carbocycles. The van der Waals surface area contributed by atoms with Crippen LogP contribution in [0.1, 0.15) is 25.5 Å². The number of rotatable bonds is 3. The highest BCUT2D eigenvalue weighted by atomic mass is 19.1. The summed E-state index contributed by atoms with van der Waals surface area (Å²) in [5, 5.41) is 0. The van der Waals surface area contributed by atoms with Gasteiger partial charge in [-0.3, -0.25) is 9.78 Å². The Balaban J connectivity index is 2.00. The zero-order chi connectivity index (χ0) is 13.7. The lowest BCUT2D eigenvalue weighted by molar-refractivity contribution is -0.131. The van der Waals surface area contributed by atoms with Gasteiger partial charge >= 0.3 is 0 Å². The Bertz CT molecular complexity index is 439. The summed E-state index contributed by atoms with van der Waals surface area (Å²) in [6, 6.07) is 2.85. The van der Waals surface area contributed by atoms with Gasteiger partial charge in [-0.25, -0.2) is 4.39 Å². The minimum atomic E-state index is -0.422. The molecule has 1 amide bonds. The van der Waals surface area contributed by atoms with E-state index >= 15 is 0 Å². The van der Waals surface area contributed by atoms with Crippen molar-refractivity contribution in [2.24, 2.45) is 0 Å². The molecule has 0 saturated carbocycles. The van der Waals surface area contributed by atoms with Gasteiger partial charge in [-0.1, -0.05) is 6.92 Å². The maximum absolute atomic E-state index is 13.5. The molecule has 1 aromatic rings. The maximum atomic E-state index is 13.5. The Morgan fingerprint density at radius 2 is 2.47 bits per heavy atom. The SMILES string of the molecule is CC[C@@H]1CN(C(=O)Cc2ncccc2F)CCCO1. The lowest BCUT2D eigenvalue weighted by atomic mass is 10.2. The molecule has 4 nitrogen and oxygen atoms in total. The standard InChI is InChI=1S/C14H19FN2O2/c1-2-11-10-17(7-4-8-19-11)14(18)9-13-12(15)5-3-6-16-13/h3,5-6,11H,2,4,7-10H2,1H3/t11-/m1/s1. The summed E-state index contributed by atoms with van der Waals surface area (Å²) in [6.45, 7) is 3.98. The zero-order valence-electron chi connectivity index (χ0n) is 11.1. The first-order valence-electron chi connectivity index (χ1n) is 6.69. The summed E-state index contributed by atoms with van der Waals surface area (Å²) in [5.41, 5.74) is 0.214. The molecule has 1 atom stereocenters. The Hall–Kier alpha value is -1.49. The molecule has 2 heterocycles. The van der Waals surface area contributed by atoms with Crippen LogP contribution in [0, 0.1) is 5.82 Å². The quantitative estimate of drug-likeness (QED) is 0.837. The lowest BCUT2D eigenvalue weighted by Crippen LogP contribution is -2.37. The monoisotopic (exact) mass is 266 g/mol. The van der Waals surface area contributed by atoms with E-state index in [4.69, 9.17) is 4.74 Å². The van der Waals surface area contributed by atoms with Crippen molar-refractivity contribution in [1.82, 2.24) is 9.88 Å². The number of carbonyl (C=O) groups excluding carboxylic acids is 1. The third kappa shape index (κ3) is 3.73. The number of carbonyl (C=O) groups is 1. The molecule has 0 N–H and O–H groups in total. The van der Waals surface area contributed by atoms with Crippen LogP contribution < -0.4 is 0 Å². The molecule has 1 saturated heterocycles. The third-order valence-electron chi connectivity index (χ3n) is 3.31. The van der Waals surface area contributed by atoms with E-state index in [2.05, 4.69) is 4.98 Å². The molecular formula is C14H19FN2O2. The summed E-state index contributed by atoms with van der Waals surface area (Å²) >= 11 is 0. The van der Waals surface area contributed by atoms with Crippen LogP contribution in [0.15, 0.2) is 18.3 Å². The smallest absolute Gasteiger partial charge is 0.228 e. The Labute approximate surface area is 112 Å². The van der Waals surface area contributed by atoms with Crippen LogP contribution in [0.4, 0.5) is 4.39 Å². The van der Waals surface area contributed by atoms with Crippen molar-refractivity contribution in [3.8, 4) is 0 Å². The predicted octanol–water partition coefficient (Wildman–Crippen LogP) is 1.79. The van der Waals surface area contributed by atoms with Gasteiger partial charge in [0.15, 0.2) is 0 Å². The largest absolute Gasteiger partial charge is 0.376 e. The fraction of sp³-hybridized carbons (Fsp3) is 0.571. The van der Waals surface area contributed by atoms with Crippen molar-refractivity contribution in [3.05, 3.63) is 29.8 Å². The Morgan fingerprint density at radius 1 is 1.63 bits per heavy atom. The first kappa shape index (κ1) is 13.9. The summed E-state index contributed by atoms with van der Waals surface area (Å²) in [7, 11) is 0. The third-order valence-corrected chi connectivity index (χ3v) is 3.31. The van der Waals surface area contributed by atoms with Crippen LogP contribution in [0.2, 0.25) is 0 Å². The van der Waals surface area contributed by atoms with Crippen LogP contribution in [0.25, 0.3) is 0 Å². The molecular weight excluding hydrogens is 247 g/mol. The fourth-order valence-corrected chi connectivity index (χ4v) is 2.17. The van der Waals surface area contributed by atoms with Crippen molar-refractivity contribution >= 4 is 5.91 Å². The predicted molar refractivity (Wildman–Crippen MR) is 69.1 cm³/mol. The lowest BCUT2D eigenvalue weighted by Gasteiger charge is -2.23. The maximum Gasteiger partial charge on any atom is 0.228 e. The minimum Gasteiger partial charge on any atom is -0.376 e. The van der Waals surface area contributed by atoms with Gasteiger partial charge in [-0.15, -0.1) is 0 Å². The molecule has 0 radical (unpaired) electrons. The first-order chi connectivity index (χ1) is 9.20. The number of halogens is 1. The molecule has 104 valence electrons. The van der Waals surface area contributed by atoms with Gasteiger partial charge < -0.3 is 9.64 Å². The molecule has 0 bridgehead atoms. The van der Waals surface area contributed by atoms with Gasteiger partial charge in [0, 0.05) is 25.9 Å². The van der Waals surface area contributed by atoms with Crippen LogP contribution >= 0.6 is 0 Å². The van der Waals surface area contributed by atoms with Crippen LogP contribution in [0.5, 0.6) is 0 Å². The van der Waals surface area contributed by atoms with Gasteiger partial charge in [-0.05, 0) is 25.0 Å². The Morgan fingerprint density at radius 3 is 3.21 bits per heavy atom. The second-order valence-corrected chi connectivity index (χ2v) is 4.70. The zero-order valence-corrected chi connectivity index (χ0v) is 11.1. The molecule has 19 heavy (non-hydrogen) atoms. The second kappa shape index (κ2) is 6.61. The molecule has 5 heteroatoms. The van der Waals surface area contributed by atoms with Crippen molar-refractivity contribution in [3.63, 3.8) is 0 Å². The van der Waals surface area contributed by atoms with Crippen molar-refractivity contribution < 1.29 is 13.9 Å². The van der Waals surface area contributed by atoms with Crippen LogP contribution in [0.3, 0.4) is 0 Å². The molecule has 0 unspecified atom stereocenters. The van der Waals surface area contributed by atoms with Crippen molar-refractivity contribution in [2.45, 2.75) is 32.3 Å². The van der Waals surface area contributed by atoms with Gasteiger partial charge in [0.25, 0.3) is 0 Å². The summed E-state index contributed by atoms with van der Waals surface area (Å²) in [4.78, 5) is 17.9. The molecule has 0 aromatic carbocycles. The van der Waals surface area contributed by atoms with Crippen LogP contribution in [-0.4, -0.2) is 41.6 Å². The van der Waals surface area contributed by atoms with Crippen LogP contribution in [-0.2, 0) is 16.0 Å². The van der Waals surface area contributed by atoms with Gasteiger partial charge in [0.2, 0.25) is 5.91 Å². The van der Waals surface area contributed by atoms with E-state index in [0.717, 1.165) is 12.8 Å². The average Bonchev–Trinajstić information content (AvgIpc) is 2.66. The summed E-state index contributed by atoms with van der Waals surface area (Å²) in [5.74, 6) is -0.504. The summed E-state index contributed by atoms with van der Waals surface area (Å²) < 4.78 is 19.1. The minimum absolute atomic E-state index is 0.0170. The number of aromatic nitrogens is 1. The highest BCUT2D eigenvalue weighted by molar-refractivity contribution is 5.78. The second-order valence-electron chi connectivity index (χ2n) is 4.70. The molecule has 1 aliphatic heterocycles. The van der Waals surface area contributed by atoms with E-state index in [-0.39, 0.29) is 24.1 Å². The number of hydrogen-bond donors (Lipinski definition) is 0. The number of amides is 1. The van der Waals surface area contributed by atoms with E-state index < -0.39 is 5.82 Å². The topological polar surface area (TPSA) is 42.4 Å². The molecule has 0 spiro atoms. The van der Waals surface area contributed by atoms with Crippen molar-refractivity contribution in [1.29, 1.82) is 0 Å². The molecule has 2 rings (SSSR count). The fourth-order valence-electron chi connectivity index (χ4n) is 2.17. The molecule has 1 aromatic heterocycles. The number of ether oxygens (including phenoxy) is 1. The van der Waals surface area contributed by atoms with Gasteiger partial charge in [0.05, 0.1) is 18.2 Å². The van der Waals surface area contributed by atoms with E-state index in [0.29, 0.717) is 19.7 Å². The van der Waals surface area contributed by atoms with Gasteiger partial charge in [0.1, 0.15) is 5.82 Å². The number of hydrogen-bond acceptors (Lipinski definition) is 3. The van der Waals surface area contributed by atoms with E-state index in [1.165, 1.54) is 18.3 Å². The van der Waals surface area contributed by atoms with Crippen molar-refractivity contribution in [2.75, 3.05) is 19.7 Å². The molecule has 1 aliphatic rings. The summed E-state index contributed by atoms with van der Waals surface area (Å²) in [6.07, 6.45) is 3.31. The Kier molecular flexibility index (Phi) is 4.85.